The number of fused-ring (bicyclic) bond motifs is 1. The first kappa shape index (κ1) is 19.2. The monoisotopic (exact) mass is 424 g/mol. The minimum Gasteiger partial charge on any atom is -0.452 e. The van der Waals surface area contributed by atoms with Crippen LogP contribution in [-0.2, 0) is 0 Å². The van der Waals surface area contributed by atoms with Gasteiger partial charge in [0.2, 0.25) is 5.78 Å². The van der Waals surface area contributed by atoms with Gasteiger partial charge in [-0.15, -0.1) is 0 Å². The zero-order valence-corrected chi connectivity index (χ0v) is 16.8. The Bertz CT molecular complexity index is 1160. The number of benzene rings is 3. The van der Waals surface area contributed by atoms with E-state index in [-0.39, 0.29) is 17.1 Å². The van der Waals surface area contributed by atoms with Gasteiger partial charge in [-0.2, -0.15) is 0 Å². The van der Waals surface area contributed by atoms with Crippen LogP contribution < -0.4 is 9.47 Å². The van der Waals surface area contributed by atoms with E-state index in [9.17, 15) is 9.59 Å². The number of ketones is 1. The summed E-state index contributed by atoms with van der Waals surface area (Å²) in [4.78, 5) is 25.1. The van der Waals surface area contributed by atoms with Crippen molar-refractivity contribution in [3.8, 4) is 11.5 Å². The lowest BCUT2D eigenvalue weighted by Gasteiger charge is -2.10. The van der Waals surface area contributed by atoms with E-state index in [1.54, 1.807) is 73.7 Å². The molecular formula is C23H14Cl2O4. The zero-order chi connectivity index (χ0) is 20.5. The first-order valence-corrected chi connectivity index (χ1v) is 9.50. The van der Waals surface area contributed by atoms with Gasteiger partial charge in [0.15, 0.2) is 5.76 Å². The molecule has 0 aliphatic carbocycles. The third-order valence-electron chi connectivity index (χ3n) is 4.50. The fourth-order valence-corrected chi connectivity index (χ4v) is 3.31. The Morgan fingerprint density at radius 3 is 2.45 bits per heavy atom. The summed E-state index contributed by atoms with van der Waals surface area (Å²) in [7, 11) is 0. The number of carbonyl (C=O) groups is 2. The summed E-state index contributed by atoms with van der Waals surface area (Å²) in [5, 5.41) is 0.908. The molecule has 0 saturated carbocycles. The minimum absolute atomic E-state index is 0.194. The molecule has 0 aromatic heterocycles. The van der Waals surface area contributed by atoms with Gasteiger partial charge < -0.3 is 9.47 Å². The molecule has 1 aliphatic rings. The highest BCUT2D eigenvalue weighted by Gasteiger charge is 2.30. The molecule has 3 aromatic rings. The Hall–Kier alpha value is -3.08. The summed E-state index contributed by atoms with van der Waals surface area (Å²) in [6.07, 6.45) is 1.65. The second kappa shape index (κ2) is 7.74. The molecule has 0 unspecified atom stereocenters. The van der Waals surface area contributed by atoms with E-state index in [4.69, 9.17) is 32.7 Å². The third kappa shape index (κ3) is 3.77. The molecule has 0 saturated heterocycles. The molecule has 0 radical (unpaired) electrons. The van der Waals surface area contributed by atoms with Crippen molar-refractivity contribution in [1.29, 1.82) is 0 Å². The molecule has 3 aromatic carbocycles. The Morgan fingerprint density at radius 2 is 1.72 bits per heavy atom. The van der Waals surface area contributed by atoms with Crippen LogP contribution in [0.5, 0.6) is 11.5 Å². The Morgan fingerprint density at radius 1 is 1.00 bits per heavy atom. The van der Waals surface area contributed by atoms with Gasteiger partial charge in [-0.3, -0.25) is 4.79 Å². The Labute approximate surface area is 177 Å². The molecule has 1 heterocycles. The molecule has 29 heavy (non-hydrogen) atoms. The van der Waals surface area contributed by atoms with Crippen LogP contribution in [0.2, 0.25) is 10.0 Å². The molecule has 4 nitrogen and oxygen atoms in total. The molecule has 4 rings (SSSR count). The number of esters is 1. The lowest BCUT2D eigenvalue weighted by molar-refractivity contribution is 0.0733. The molecule has 144 valence electrons. The maximum absolute atomic E-state index is 12.7. The number of Topliss-reactive ketones (excluding diaryl/α,β-unsaturated/α-hetero) is 1. The molecule has 0 amide bonds. The average Bonchev–Trinajstić information content (AvgIpc) is 3.02. The highest BCUT2D eigenvalue weighted by Crippen LogP contribution is 2.39. The molecule has 0 bridgehead atoms. The maximum atomic E-state index is 12.7. The second-order valence-corrected chi connectivity index (χ2v) is 7.27. The first-order valence-electron chi connectivity index (χ1n) is 8.74. The standard InChI is InChI=1S/C23H14Cl2O4/c1-13-19(29-23(27)16-4-2-3-5-18(16)25)11-10-17-21(26)20(28-22(13)17)12-14-6-8-15(24)9-7-14/h2-12H,1H3/b20-12-. The minimum atomic E-state index is -0.583. The van der Waals surface area contributed by atoms with Crippen LogP contribution in [0.1, 0.15) is 31.8 Å². The summed E-state index contributed by atoms with van der Waals surface area (Å²) in [5.74, 6) is 0.0517. The van der Waals surface area contributed by atoms with Gasteiger partial charge in [0.1, 0.15) is 11.5 Å². The predicted molar refractivity (Wildman–Crippen MR) is 112 cm³/mol. The van der Waals surface area contributed by atoms with Crippen molar-refractivity contribution < 1.29 is 19.1 Å². The quantitative estimate of drug-likeness (QED) is 0.288. The van der Waals surface area contributed by atoms with E-state index in [1.807, 2.05) is 0 Å². The van der Waals surface area contributed by atoms with Gasteiger partial charge in [-0.25, -0.2) is 4.79 Å². The fourth-order valence-electron chi connectivity index (χ4n) is 2.97. The van der Waals surface area contributed by atoms with E-state index in [0.29, 0.717) is 32.7 Å². The van der Waals surface area contributed by atoms with Crippen LogP contribution in [0.15, 0.2) is 66.4 Å². The molecule has 0 N–H and O–H groups in total. The van der Waals surface area contributed by atoms with Gasteiger partial charge in [-0.1, -0.05) is 47.5 Å². The summed E-state index contributed by atoms with van der Waals surface area (Å²) < 4.78 is 11.3. The zero-order valence-electron chi connectivity index (χ0n) is 15.2. The van der Waals surface area contributed by atoms with Crippen LogP contribution in [0.4, 0.5) is 0 Å². The van der Waals surface area contributed by atoms with Crippen molar-refractivity contribution in [2.45, 2.75) is 6.92 Å². The highest BCUT2D eigenvalue weighted by atomic mass is 35.5. The van der Waals surface area contributed by atoms with Gasteiger partial charge in [0.25, 0.3) is 0 Å². The first-order chi connectivity index (χ1) is 13.9. The van der Waals surface area contributed by atoms with Crippen LogP contribution in [-0.4, -0.2) is 11.8 Å². The lowest BCUT2D eigenvalue weighted by Crippen LogP contribution is -2.10. The Balaban J connectivity index is 1.62. The van der Waals surface area contributed by atoms with Crippen molar-refractivity contribution in [3.63, 3.8) is 0 Å². The normalized spacial score (nSPS) is 13.9. The van der Waals surface area contributed by atoms with E-state index in [1.165, 1.54) is 0 Å². The Kier molecular flexibility index (Phi) is 5.14. The van der Waals surface area contributed by atoms with Crippen molar-refractivity contribution in [2.75, 3.05) is 0 Å². The van der Waals surface area contributed by atoms with E-state index < -0.39 is 5.97 Å². The number of ether oxygens (including phenoxy) is 2. The maximum Gasteiger partial charge on any atom is 0.345 e. The number of halogens is 2. The van der Waals surface area contributed by atoms with Crippen LogP contribution in [0.3, 0.4) is 0 Å². The van der Waals surface area contributed by atoms with Gasteiger partial charge in [-0.05, 0) is 55.0 Å². The summed E-state index contributed by atoms with van der Waals surface area (Å²) in [5.41, 5.74) is 2.01. The van der Waals surface area contributed by atoms with E-state index >= 15 is 0 Å². The number of carbonyl (C=O) groups excluding carboxylic acids is 2. The second-order valence-electron chi connectivity index (χ2n) is 6.43. The molecule has 0 atom stereocenters. The summed E-state index contributed by atoms with van der Waals surface area (Å²) in [6, 6.07) is 16.8. The SMILES string of the molecule is Cc1c(OC(=O)c2ccccc2Cl)ccc2c1O/C(=C\c1ccc(Cl)cc1)C2=O. The average molecular weight is 425 g/mol. The van der Waals surface area contributed by atoms with Crippen molar-refractivity contribution in [2.24, 2.45) is 0 Å². The molecule has 6 heteroatoms. The number of hydrogen-bond acceptors (Lipinski definition) is 4. The molecule has 0 spiro atoms. The van der Waals surface area contributed by atoms with Crippen LogP contribution in [0, 0.1) is 6.92 Å². The van der Waals surface area contributed by atoms with Gasteiger partial charge >= 0.3 is 5.97 Å². The summed E-state index contributed by atoms with van der Waals surface area (Å²) >= 11 is 12.0. The molecular weight excluding hydrogens is 411 g/mol. The fraction of sp³-hybridized carbons (Fsp3) is 0.0435. The van der Waals surface area contributed by atoms with E-state index in [0.717, 1.165) is 5.56 Å². The number of rotatable bonds is 3. The third-order valence-corrected chi connectivity index (χ3v) is 5.08. The molecule has 1 aliphatic heterocycles. The topological polar surface area (TPSA) is 52.6 Å². The van der Waals surface area contributed by atoms with Crippen molar-refractivity contribution in [1.82, 2.24) is 0 Å². The molecule has 0 fully saturated rings. The largest absolute Gasteiger partial charge is 0.452 e. The van der Waals surface area contributed by atoms with Crippen LogP contribution in [0.25, 0.3) is 6.08 Å². The number of hydrogen-bond donors (Lipinski definition) is 0. The van der Waals surface area contributed by atoms with Crippen LogP contribution >= 0.6 is 23.2 Å². The van der Waals surface area contributed by atoms with Crippen molar-refractivity contribution >= 4 is 41.0 Å². The smallest absolute Gasteiger partial charge is 0.345 e. The lowest BCUT2D eigenvalue weighted by atomic mass is 10.1. The number of allylic oxidation sites excluding steroid dienone is 1. The predicted octanol–water partition coefficient (Wildman–Crippen LogP) is 6.14. The van der Waals surface area contributed by atoms with E-state index in [2.05, 4.69) is 0 Å². The highest BCUT2D eigenvalue weighted by molar-refractivity contribution is 6.33. The van der Waals surface area contributed by atoms with Gasteiger partial charge in [0, 0.05) is 10.6 Å². The van der Waals surface area contributed by atoms with Gasteiger partial charge in [0.05, 0.1) is 16.1 Å². The van der Waals surface area contributed by atoms with Crippen molar-refractivity contribution in [3.05, 3.63) is 98.7 Å². The summed E-state index contributed by atoms with van der Waals surface area (Å²) in [6.45, 7) is 1.73.